The largest absolute Gasteiger partial charge is 0.480 e. The van der Waals surface area contributed by atoms with Gasteiger partial charge in [-0.3, -0.25) is 0 Å². The zero-order valence-corrected chi connectivity index (χ0v) is 20.4. The molecule has 1 aromatic heterocycles. The van der Waals surface area contributed by atoms with Gasteiger partial charge in [0.25, 0.3) is 0 Å². The number of nitriles is 3. The van der Waals surface area contributed by atoms with E-state index in [0.717, 1.165) is 18.5 Å². The van der Waals surface area contributed by atoms with Gasteiger partial charge in [-0.1, -0.05) is 62.6 Å². The number of benzene rings is 2. The lowest BCUT2D eigenvalue weighted by Gasteiger charge is -2.20. The van der Waals surface area contributed by atoms with Crippen LogP contribution in [0, 0.1) is 34.0 Å². The van der Waals surface area contributed by atoms with E-state index in [1.54, 1.807) is 0 Å². The summed E-state index contributed by atoms with van der Waals surface area (Å²) >= 11 is 0. The Morgan fingerprint density at radius 2 is 1.69 bits per heavy atom. The van der Waals surface area contributed by atoms with Gasteiger partial charge in [-0.15, -0.1) is 0 Å². The molecule has 3 aromatic rings. The van der Waals surface area contributed by atoms with Gasteiger partial charge in [0.2, 0.25) is 0 Å². The van der Waals surface area contributed by atoms with E-state index in [4.69, 9.17) is 4.74 Å². The third kappa shape index (κ3) is 4.44. The van der Waals surface area contributed by atoms with E-state index < -0.39 is 5.60 Å². The Balaban J connectivity index is 1.76. The van der Waals surface area contributed by atoms with Gasteiger partial charge in [0.05, 0.1) is 0 Å². The molecule has 5 heteroatoms. The molecule has 5 nitrogen and oxygen atoms in total. The fraction of sp³-hybridized carbons (Fsp3) is 0.300. The van der Waals surface area contributed by atoms with Crippen molar-refractivity contribution < 1.29 is 4.74 Å². The van der Waals surface area contributed by atoms with Gasteiger partial charge in [0, 0.05) is 33.9 Å². The number of aryl methyl sites for hydroxylation is 1. The Morgan fingerprint density at radius 1 is 0.943 bits per heavy atom. The SMILES string of the molecule is CCCCCCn1c2ccccc2c2cc(/C=C/C3=C(C#N)C(=C(C#N)C#N)OC3(C)C)ccc21. The predicted octanol–water partition coefficient (Wildman–Crippen LogP) is 7.32. The van der Waals surface area contributed by atoms with E-state index in [1.165, 1.54) is 41.1 Å². The van der Waals surface area contributed by atoms with Crippen LogP contribution < -0.4 is 0 Å². The smallest absolute Gasteiger partial charge is 0.172 e. The number of fused-ring (bicyclic) bond motifs is 3. The molecule has 0 atom stereocenters. The summed E-state index contributed by atoms with van der Waals surface area (Å²) in [5.74, 6) is 0.0590. The van der Waals surface area contributed by atoms with Crippen molar-refractivity contribution in [3.8, 4) is 18.2 Å². The fourth-order valence-corrected chi connectivity index (χ4v) is 4.77. The van der Waals surface area contributed by atoms with Crippen LogP contribution in [0.2, 0.25) is 0 Å². The Kier molecular flexibility index (Phi) is 6.77. The molecule has 0 radical (unpaired) electrons. The number of unbranched alkanes of at least 4 members (excludes halogenated alkanes) is 3. The fourth-order valence-electron chi connectivity index (χ4n) is 4.77. The molecule has 0 spiro atoms. The molecule has 0 unspecified atom stereocenters. The monoisotopic (exact) mass is 460 g/mol. The predicted molar refractivity (Wildman–Crippen MR) is 139 cm³/mol. The molecule has 0 N–H and O–H groups in total. The lowest BCUT2D eigenvalue weighted by molar-refractivity contribution is 0.0954. The molecular weight excluding hydrogens is 432 g/mol. The van der Waals surface area contributed by atoms with Crippen LogP contribution in [0.4, 0.5) is 0 Å². The highest BCUT2D eigenvalue weighted by Crippen LogP contribution is 2.40. The van der Waals surface area contributed by atoms with Crippen molar-refractivity contribution in [1.82, 2.24) is 4.57 Å². The molecule has 2 heterocycles. The molecule has 0 aliphatic carbocycles. The second-order valence-electron chi connectivity index (χ2n) is 9.28. The first-order chi connectivity index (χ1) is 16.9. The number of hydrogen-bond donors (Lipinski definition) is 0. The van der Waals surface area contributed by atoms with E-state index in [2.05, 4.69) is 60.0 Å². The van der Waals surface area contributed by atoms with Crippen LogP contribution in [0.5, 0.6) is 0 Å². The quantitative estimate of drug-likeness (QED) is 0.273. The minimum Gasteiger partial charge on any atom is -0.480 e. The summed E-state index contributed by atoms with van der Waals surface area (Å²) in [4.78, 5) is 0. The van der Waals surface area contributed by atoms with Gasteiger partial charge in [0.15, 0.2) is 11.3 Å². The summed E-state index contributed by atoms with van der Waals surface area (Å²) in [5.41, 5.74) is 3.34. The number of para-hydroxylation sites is 1. The Morgan fingerprint density at radius 3 is 2.40 bits per heavy atom. The zero-order chi connectivity index (χ0) is 25.0. The molecule has 0 saturated carbocycles. The summed E-state index contributed by atoms with van der Waals surface area (Å²) in [6, 6.07) is 20.7. The maximum absolute atomic E-state index is 9.77. The second-order valence-corrected chi connectivity index (χ2v) is 9.28. The normalized spacial score (nSPS) is 14.8. The number of ether oxygens (including phenoxy) is 1. The van der Waals surface area contributed by atoms with Crippen LogP contribution in [0.15, 0.2) is 71.0 Å². The van der Waals surface area contributed by atoms with E-state index >= 15 is 0 Å². The summed E-state index contributed by atoms with van der Waals surface area (Å²) in [5, 5.41) is 30.7. The highest BCUT2D eigenvalue weighted by Gasteiger charge is 2.38. The Bertz CT molecular complexity index is 1490. The first-order valence-corrected chi connectivity index (χ1v) is 12.0. The van der Waals surface area contributed by atoms with Crippen LogP contribution in [-0.4, -0.2) is 10.2 Å². The molecule has 35 heavy (non-hydrogen) atoms. The highest BCUT2D eigenvalue weighted by molar-refractivity contribution is 6.08. The van der Waals surface area contributed by atoms with Gasteiger partial charge >= 0.3 is 0 Å². The standard InChI is InChI=1S/C30H28N4O/c1-4-5-6-9-16-34-27-11-8-7-10-23(27)24-17-21(13-15-28(24)34)12-14-26-25(20-33)29(22(18-31)19-32)35-30(26,2)3/h7-8,10-15,17H,4-6,9,16H2,1-3H3/b14-12+. The van der Waals surface area contributed by atoms with Crippen molar-refractivity contribution in [1.29, 1.82) is 15.8 Å². The van der Waals surface area contributed by atoms with Crippen LogP contribution in [0.3, 0.4) is 0 Å². The molecule has 0 amide bonds. The van der Waals surface area contributed by atoms with Gasteiger partial charge in [-0.2, -0.15) is 15.8 Å². The molecule has 1 aliphatic rings. The van der Waals surface area contributed by atoms with Gasteiger partial charge in [-0.05, 0) is 44.0 Å². The number of nitrogens with zero attached hydrogens (tertiary/aromatic N) is 4. The first kappa shape index (κ1) is 23.9. The van der Waals surface area contributed by atoms with E-state index in [0.29, 0.717) is 5.57 Å². The minimum absolute atomic E-state index is 0.0590. The molecule has 0 bridgehead atoms. The number of aromatic nitrogens is 1. The number of hydrogen-bond acceptors (Lipinski definition) is 4. The van der Waals surface area contributed by atoms with Crippen molar-refractivity contribution >= 4 is 27.9 Å². The van der Waals surface area contributed by atoms with Gasteiger partial charge in [-0.25, -0.2) is 0 Å². The summed E-state index contributed by atoms with van der Waals surface area (Å²) in [6.07, 6.45) is 8.70. The molecule has 2 aromatic carbocycles. The molecule has 0 fully saturated rings. The average Bonchev–Trinajstić information content (AvgIpc) is 3.31. The first-order valence-electron chi connectivity index (χ1n) is 12.0. The van der Waals surface area contributed by atoms with Crippen molar-refractivity contribution in [3.63, 3.8) is 0 Å². The lowest BCUT2D eigenvalue weighted by Crippen LogP contribution is -2.20. The van der Waals surface area contributed by atoms with Crippen LogP contribution in [0.25, 0.3) is 27.9 Å². The van der Waals surface area contributed by atoms with E-state index in [-0.39, 0.29) is 16.9 Å². The van der Waals surface area contributed by atoms with Crippen LogP contribution in [0.1, 0.15) is 52.0 Å². The number of rotatable bonds is 7. The summed E-state index contributed by atoms with van der Waals surface area (Å²) in [7, 11) is 0. The minimum atomic E-state index is -0.825. The maximum Gasteiger partial charge on any atom is 0.172 e. The van der Waals surface area contributed by atoms with Crippen LogP contribution in [-0.2, 0) is 11.3 Å². The zero-order valence-electron chi connectivity index (χ0n) is 20.4. The molecular formula is C30H28N4O. The third-order valence-electron chi connectivity index (χ3n) is 6.54. The van der Waals surface area contributed by atoms with Crippen molar-refractivity contribution in [3.05, 3.63) is 76.6 Å². The molecule has 0 saturated heterocycles. The Labute approximate surface area is 206 Å². The lowest BCUT2D eigenvalue weighted by atomic mass is 9.94. The summed E-state index contributed by atoms with van der Waals surface area (Å²) < 4.78 is 8.28. The van der Waals surface area contributed by atoms with Gasteiger partial charge < -0.3 is 9.30 Å². The molecule has 4 rings (SSSR count). The van der Waals surface area contributed by atoms with Gasteiger partial charge in [0.1, 0.15) is 29.4 Å². The topological polar surface area (TPSA) is 85.5 Å². The summed E-state index contributed by atoms with van der Waals surface area (Å²) in [6.45, 7) is 6.89. The van der Waals surface area contributed by atoms with E-state index in [9.17, 15) is 15.8 Å². The van der Waals surface area contributed by atoms with Crippen molar-refractivity contribution in [2.45, 2.75) is 58.6 Å². The third-order valence-corrected chi connectivity index (χ3v) is 6.54. The maximum atomic E-state index is 9.77. The van der Waals surface area contributed by atoms with E-state index in [1.807, 2.05) is 38.1 Å². The molecule has 1 aliphatic heterocycles. The molecule has 174 valence electrons. The van der Waals surface area contributed by atoms with Crippen molar-refractivity contribution in [2.24, 2.45) is 0 Å². The average molecular weight is 461 g/mol. The second kappa shape index (κ2) is 9.92. The Hall–Kier alpha value is -4.27. The highest BCUT2D eigenvalue weighted by atomic mass is 16.5. The number of allylic oxidation sites excluding steroid dienone is 2. The van der Waals surface area contributed by atoms with Crippen molar-refractivity contribution in [2.75, 3.05) is 0 Å². The van der Waals surface area contributed by atoms with Crippen LogP contribution >= 0.6 is 0 Å².